The van der Waals surface area contributed by atoms with E-state index in [1.54, 1.807) is 23.6 Å². The Kier molecular flexibility index (Phi) is 2.87. The summed E-state index contributed by atoms with van der Waals surface area (Å²) in [7, 11) is 0. The van der Waals surface area contributed by atoms with Crippen molar-refractivity contribution in [3.05, 3.63) is 63.4 Å². The smallest absolute Gasteiger partial charge is 0.343 e. The molecule has 1 atom stereocenters. The molecule has 0 spiro atoms. The number of nitrogens with zero attached hydrogens (tertiary/aromatic N) is 2. The van der Waals surface area contributed by atoms with Gasteiger partial charge in [0.25, 0.3) is 5.56 Å². The van der Waals surface area contributed by atoms with Crippen molar-refractivity contribution >= 4 is 16.9 Å². The molecular weight excluding hydrogens is 332 g/mol. The van der Waals surface area contributed by atoms with Crippen molar-refractivity contribution in [2.75, 3.05) is 0 Å². The lowest BCUT2D eigenvalue weighted by atomic mass is 9.86. The average molecular weight is 346 g/mol. The fraction of sp³-hybridized carbons (Fsp3) is 0.250. The quantitative estimate of drug-likeness (QED) is 0.530. The van der Waals surface area contributed by atoms with Crippen LogP contribution < -0.4 is 5.56 Å². The molecule has 0 amide bonds. The van der Waals surface area contributed by atoms with E-state index in [1.807, 2.05) is 12.1 Å². The van der Waals surface area contributed by atoms with Crippen LogP contribution in [0.25, 0.3) is 22.3 Å². The Hall–Kier alpha value is -3.17. The van der Waals surface area contributed by atoms with Crippen molar-refractivity contribution in [1.82, 2.24) is 9.55 Å². The number of hydrogen-bond acceptors (Lipinski definition) is 5. The van der Waals surface area contributed by atoms with Gasteiger partial charge in [0, 0.05) is 16.5 Å². The van der Waals surface area contributed by atoms with Crippen LogP contribution in [0.3, 0.4) is 0 Å². The minimum Gasteiger partial charge on any atom is -0.458 e. The lowest BCUT2D eigenvalue weighted by Gasteiger charge is -2.31. The maximum atomic E-state index is 13.0. The number of hydrogen-bond donors (Lipinski definition) is 1. The summed E-state index contributed by atoms with van der Waals surface area (Å²) in [5.74, 6) is -0.718. The summed E-state index contributed by atoms with van der Waals surface area (Å²) in [5.41, 5.74) is 1.45. The molecule has 26 heavy (non-hydrogen) atoms. The molecule has 2 aromatic heterocycles. The summed E-state index contributed by atoms with van der Waals surface area (Å²) < 4.78 is 6.68. The van der Waals surface area contributed by atoms with Crippen LogP contribution in [0.4, 0.5) is 0 Å². The van der Waals surface area contributed by atoms with E-state index in [0.717, 1.165) is 10.9 Å². The number of aliphatic hydroxyl groups is 1. The molecule has 128 valence electrons. The van der Waals surface area contributed by atoms with Gasteiger partial charge in [0.1, 0.15) is 12.1 Å². The van der Waals surface area contributed by atoms with Gasteiger partial charge in [0.15, 0.2) is 5.60 Å². The molecule has 6 heteroatoms. The van der Waals surface area contributed by atoms with Gasteiger partial charge < -0.3 is 14.4 Å². The topological polar surface area (TPSA) is 81.4 Å². The van der Waals surface area contributed by atoms with E-state index in [4.69, 9.17) is 4.74 Å². The third-order valence-electron chi connectivity index (χ3n) is 5.28. The van der Waals surface area contributed by atoms with E-state index in [2.05, 4.69) is 17.1 Å². The number of fused-ring (bicyclic) bond motifs is 5. The normalized spacial score (nSPS) is 20.2. The maximum absolute atomic E-state index is 13.0. The number of pyridine rings is 2. The molecular formula is C20H14N2O4. The van der Waals surface area contributed by atoms with Crippen molar-refractivity contribution in [3.63, 3.8) is 0 Å². The first-order chi connectivity index (χ1) is 12.5. The minimum atomic E-state index is -1.80. The first-order valence-corrected chi connectivity index (χ1v) is 8.42. The summed E-state index contributed by atoms with van der Waals surface area (Å²) >= 11 is 0. The molecule has 0 saturated carbocycles. The zero-order valence-corrected chi connectivity index (χ0v) is 14.0. The van der Waals surface area contributed by atoms with Gasteiger partial charge in [-0.05, 0) is 36.8 Å². The zero-order valence-electron chi connectivity index (χ0n) is 14.0. The van der Waals surface area contributed by atoms with Crippen LogP contribution >= 0.6 is 0 Å². The second kappa shape index (κ2) is 4.93. The van der Waals surface area contributed by atoms with Gasteiger partial charge in [-0.2, -0.15) is 0 Å². The molecule has 2 aliphatic rings. The van der Waals surface area contributed by atoms with E-state index in [-0.39, 0.29) is 18.6 Å². The van der Waals surface area contributed by atoms with Crippen LogP contribution in [0.2, 0.25) is 0 Å². The van der Waals surface area contributed by atoms with Crippen molar-refractivity contribution in [1.29, 1.82) is 0 Å². The zero-order chi connectivity index (χ0) is 18.1. The van der Waals surface area contributed by atoms with E-state index >= 15 is 0 Å². The molecule has 0 unspecified atom stereocenters. The fourth-order valence-electron chi connectivity index (χ4n) is 3.81. The van der Waals surface area contributed by atoms with E-state index < -0.39 is 11.6 Å². The number of aromatic nitrogens is 2. The number of carbonyl (C=O) groups excluding carboxylic acids is 1. The molecule has 0 bridgehead atoms. The van der Waals surface area contributed by atoms with Gasteiger partial charge in [-0.3, -0.25) is 4.79 Å². The number of ether oxygens (including phenoxy) is 1. The van der Waals surface area contributed by atoms with Crippen molar-refractivity contribution in [3.8, 4) is 11.4 Å². The highest BCUT2D eigenvalue weighted by Crippen LogP contribution is 2.38. The summed E-state index contributed by atoms with van der Waals surface area (Å²) in [6, 6.07) is 13.2. The number of cyclic esters (lactones) is 1. The lowest BCUT2D eigenvalue weighted by molar-refractivity contribution is -0.172. The molecule has 0 aliphatic carbocycles. The molecule has 4 heterocycles. The molecule has 6 nitrogen and oxygen atoms in total. The second-order valence-corrected chi connectivity index (χ2v) is 6.64. The van der Waals surface area contributed by atoms with Crippen LogP contribution in [0.15, 0.2) is 29.1 Å². The Morgan fingerprint density at radius 3 is 3.04 bits per heavy atom. The van der Waals surface area contributed by atoms with E-state index in [9.17, 15) is 14.7 Å². The Balaban J connectivity index is 1.81. The molecule has 1 N–H and O–H groups in total. The van der Waals surface area contributed by atoms with Crippen LogP contribution in [-0.4, -0.2) is 20.6 Å². The highest BCUT2D eigenvalue weighted by molar-refractivity contribution is 5.85. The molecule has 1 aromatic carbocycles. The van der Waals surface area contributed by atoms with Gasteiger partial charge >= 0.3 is 5.97 Å². The highest BCUT2D eigenvalue weighted by Gasteiger charge is 2.45. The van der Waals surface area contributed by atoms with Crippen LogP contribution in [0.1, 0.15) is 30.0 Å². The minimum absolute atomic E-state index is 0.121. The van der Waals surface area contributed by atoms with Crippen molar-refractivity contribution in [2.24, 2.45) is 0 Å². The third kappa shape index (κ3) is 1.78. The van der Waals surface area contributed by atoms with Crippen LogP contribution in [0, 0.1) is 12.1 Å². The largest absolute Gasteiger partial charge is 0.458 e. The molecule has 0 radical (unpaired) electrons. The van der Waals surface area contributed by atoms with E-state index in [1.165, 1.54) is 0 Å². The summed E-state index contributed by atoms with van der Waals surface area (Å²) in [5, 5.41) is 11.7. The van der Waals surface area contributed by atoms with E-state index in [0.29, 0.717) is 34.6 Å². The molecule has 3 aromatic rings. The number of carbonyl (C=O) groups is 1. The fourth-order valence-corrected chi connectivity index (χ4v) is 3.81. The monoisotopic (exact) mass is 346 g/mol. The predicted molar refractivity (Wildman–Crippen MR) is 92.2 cm³/mol. The van der Waals surface area contributed by atoms with Gasteiger partial charge in [0.05, 0.1) is 23.5 Å². The predicted octanol–water partition coefficient (Wildman–Crippen LogP) is 1.68. The Morgan fingerprint density at radius 2 is 2.23 bits per heavy atom. The van der Waals surface area contributed by atoms with Crippen molar-refractivity contribution < 1.29 is 14.6 Å². The highest BCUT2D eigenvalue weighted by atomic mass is 16.6. The SMILES string of the molecule is CC[C@@]1(O)C(=O)OCc2c1cc1n(c2=O)Cc2cc3ccc#cc3nc2-1. The molecule has 0 fully saturated rings. The summed E-state index contributed by atoms with van der Waals surface area (Å²) in [4.78, 5) is 29.8. The second-order valence-electron chi connectivity index (χ2n) is 6.64. The molecule has 5 rings (SSSR count). The van der Waals surface area contributed by atoms with Crippen LogP contribution in [0.5, 0.6) is 0 Å². The number of rotatable bonds is 1. The standard InChI is InChI=1S/C20H14N2O4/c1-2-20(25)14-8-16-17-12(7-11-5-3-4-6-15(11)21-17)9-22(16)18(23)13(14)10-26-19(20)24/h3,5,7-8,25H,2,9-10H2,1H3/t20-/m0/s1. The lowest BCUT2D eigenvalue weighted by Crippen LogP contribution is -2.44. The Morgan fingerprint density at radius 1 is 1.38 bits per heavy atom. The maximum Gasteiger partial charge on any atom is 0.343 e. The molecule has 0 saturated heterocycles. The van der Waals surface area contributed by atoms with Gasteiger partial charge in [-0.15, -0.1) is 0 Å². The first-order valence-electron chi connectivity index (χ1n) is 8.42. The van der Waals surface area contributed by atoms with Gasteiger partial charge in [-0.1, -0.05) is 13.0 Å². The Labute approximate surface area is 148 Å². The number of esters is 1. The van der Waals surface area contributed by atoms with Crippen molar-refractivity contribution in [2.45, 2.75) is 32.1 Å². The van der Waals surface area contributed by atoms with Gasteiger partial charge in [-0.25, -0.2) is 9.78 Å². The average Bonchev–Trinajstić information content (AvgIpc) is 3.01. The molecule has 2 aliphatic heterocycles. The third-order valence-corrected chi connectivity index (χ3v) is 5.28. The Bertz CT molecular complexity index is 1160. The van der Waals surface area contributed by atoms with Gasteiger partial charge in [0.2, 0.25) is 0 Å². The van der Waals surface area contributed by atoms with Crippen LogP contribution in [-0.2, 0) is 28.3 Å². The first kappa shape index (κ1) is 15.1. The summed E-state index contributed by atoms with van der Waals surface area (Å²) in [6.07, 6.45) is 0.127. The summed E-state index contributed by atoms with van der Waals surface area (Å²) in [6.45, 7) is 1.96.